The molecule has 0 radical (unpaired) electrons. The summed E-state index contributed by atoms with van der Waals surface area (Å²) in [4.78, 5) is 13.5. The molecule has 0 spiro atoms. The highest BCUT2D eigenvalue weighted by atomic mass is 16.1. The van der Waals surface area contributed by atoms with Crippen molar-refractivity contribution in [3.8, 4) is 0 Å². The van der Waals surface area contributed by atoms with Crippen LogP contribution in [0.4, 0.5) is 5.69 Å². The van der Waals surface area contributed by atoms with E-state index in [1.165, 1.54) is 16.8 Å². The van der Waals surface area contributed by atoms with Crippen LogP contribution < -0.4 is 10.6 Å². The number of nitrogens with zero attached hydrogens (tertiary/aromatic N) is 1. The molecule has 17 heavy (non-hydrogen) atoms. The van der Waals surface area contributed by atoms with E-state index < -0.39 is 0 Å². The molecule has 1 fully saturated rings. The lowest BCUT2D eigenvalue weighted by atomic mass is 9.95. The number of piperidine rings is 1. The van der Waals surface area contributed by atoms with Gasteiger partial charge in [0.1, 0.15) is 0 Å². The third-order valence-electron chi connectivity index (χ3n) is 3.59. The molecule has 0 aliphatic carbocycles. The summed E-state index contributed by atoms with van der Waals surface area (Å²) < 4.78 is 0. The summed E-state index contributed by atoms with van der Waals surface area (Å²) in [6, 6.07) is 6.52. The van der Waals surface area contributed by atoms with Gasteiger partial charge in [-0.1, -0.05) is 17.7 Å². The maximum absolute atomic E-state index is 11.1. The molecule has 3 nitrogen and oxygen atoms in total. The summed E-state index contributed by atoms with van der Waals surface area (Å²) in [6.07, 6.45) is 1.76. The van der Waals surface area contributed by atoms with E-state index in [9.17, 15) is 4.79 Å². The van der Waals surface area contributed by atoms with Crippen LogP contribution >= 0.6 is 0 Å². The first-order valence-electron chi connectivity index (χ1n) is 6.19. The Bertz CT molecular complexity index is 420. The Kier molecular flexibility index (Phi) is 3.36. The van der Waals surface area contributed by atoms with Gasteiger partial charge in [-0.15, -0.1) is 0 Å². The predicted molar refractivity (Wildman–Crippen MR) is 70.0 cm³/mol. The monoisotopic (exact) mass is 232 g/mol. The first kappa shape index (κ1) is 12.0. The average Bonchev–Trinajstić information content (AvgIpc) is 2.29. The molecule has 1 aliphatic rings. The predicted octanol–water partition coefficient (Wildman–Crippen LogP) is 2.01. The van der Waals surface area contributed by atoms with Gasteiger partial charge in [0.25, 0.3) is 0 Å². The molecule has 1 aliphatic heterocycles. The van der Waals surface area contributed by atoms with E-state index in [1.54, 1.807) is 0 Å². The third-order valence-corrected chi connectivity index (χ3v) is 3.59. The van der Waals surface area contributed by atoms with Crippen LogP contribution in [0.1, 0.15) is 24.0 Å². The number of nitrogens with two attached hydrogens (primary N) is 1. The quantitative estimate of drug-likeness (QED) is 0.847. The number of hydrogen-bond acceptors (Lipinski definition) is 2. The smallest absolute Gasteiger partial charge is 0.220 e. The molecule has 0 atom stereocenters. The lowest BCUT2D eigenvalue weighted by Gasteiger charge is -2.33. The molecule has 1 aromatic rings. The average molecular weight is 232 g/mol. The summed E-state index contributed by atoms with van der Waals surface area (Å²) in [7, 11) is 0. The van der Waals surface area contributed by atoms with Gasteiger partial charge in [-0.25, -0.2) is 0 Å². The molecule has 1 heterocycles. The second-order valence-electron chi connectivity index (χ2n) is 4.95. The topological polar surface area (TPSA) is 46.3 Å². The van der Waals surface area contributed by atoms with E-state index in [0.717, 1.165) is 25.9 Å². The fraction of sp³-hybridized carbons (Fsp3) is 0.500. The molecule has 0 bridgehead atoms. The highest BCUT2D eigenvalue weighted by molar-refractivity contribution is 5.77. The van der Waals surface area contributed by atoms with Gasteiger partial charge < -0.3 is 10.6 Å². The zero-order chi connectivity index (χ0) is 12.4. The van der Waals surface area contributed by atoms with Crippen LogP contribution in [0.5, 0.6) is 0 Å². The highest BCUT2D eigenvalue weighted by Crippen LogP contribution is 2.26. The van der Waals surface area contributed by atoms with Gasteiger partial charge in [-0.05, 0) is 38.3 Å². The minimum atomic E-state index is -0.148. The number of carbonyl (C=O) groups is 1. The molecule has 1 aromatic carbocycles. The van der Waals surface area contributed by atoms with Gasteiger partial charge in [0.2, 0.25) is 5.91 Å². The van der Waals surface area contributed by atoms with E-state index in [2.05, 4.69) is 36.9 Å². The van der Waals surface area contributed by atoms with Crippen molar-refractivity contribution in [3.63, 3.8) is 0 Å². The first-order chi connectivity index (χ1) is 8.08. The van der Waals surface area contributed by atoms with Crippen LogP contribution in [0.25, 0.3) is 0 Å². The molecule has 3 heteroatoms. The van der Waals surface area contributed by atoms with Crippen LogP contribution in [-0.4, -0.2) is 19.0 Å². The Morgan fingerprint density at radius 1 is 1.29 bits per heavy atom. The number of carbonyl (C=O) groups excluding carboxylic acids is 1. The molecule has 2 rings (SSSR count). The SMILES string of the molecule is Cc1ccc(N2CCC(C(N)=O)CC2)c(C)c1. The van der Waals surface area contributed by atoms with Crippen molar-refractivity contribution in [1.82, 2.24) is 0 Å². The number of amides is 1. The Morgan fingerprint density at radius 3 is 2.47 bits per heavy atom. The van der Waals surface area contributed by atoms with E-state index in [1.807, 2.05) is 0 Å². The van der Waals surface area contributed by atoms with Crippen LogP contribution in [0, 0.1) is 19.8 Å². The van der Waals surface area contributed by atoms with Gasteiger partial charge in [0.05, 0.1) is 0 Å². The lowest BCUT2D eigenvalue weighted by molar-refractivity contribution is -0.122. The Labute approximate surface area is 103 Å². The third kappa shape index (κ3) is 2.60. The van der Waals surface area contributed by atoms with Gasteiger partial charge in [0, 0.05) is 24.7 Å². The fourth-order valence-corrected chi connectivity index (χ4v) is 2.57. The number of rotatable bonds is 2. The Hall–Kier alpha value is -1.51. The van der Waals surface area contributed by atoms with Crippen molar-refractivity contribution in [3.05, 3.63) is 29.3 Å². The van der Waals surface area contributed by atoms with Gasteiger partial charge in [-0.2, -0.15) is 0 Å². The van der Waals surface area contributed by atoms with Gasteiger partial charge in [0.15, 0.2) is 0 Å². The van der Waals surface area contributed by atoms with E-state index in [0.29, 0.717) is 0 Å². The number of hydrogen-bond donors (Lipinski definition) is 1. The van der Waals surface area contributed by atoms with Crippen molar-refractivity contribution in [2.45, 2.75) is 26.7 Å². The highest BCUT2D eigenvalue weighted by Gasteiger charge is 2.23. The maximum atomic E-state index is 11.1. The van der Waals surface area contributed by atoms with Crippen LogP contribution in [0.2, 0.25) is 0 Å². The zero-order valence-electron chi connectivity index (χ0n) is 10.6. The van der Waals surface area contributed by atoms with E-state index >= 15 is 0 Å². The number of aryl methyl sites for hydroxylation is 2. The summed E-state index contributed by atoms with van der Waals surface area (Å²) in [5.74, 6) is -0.0812. The zero-order valence-corrected chi connectivity index (χ0v) is 10.6. The molecule has 0 unspecified atom stereocenters. The maximum Gasteiger partial charge on any atom is 0.220 e. The summed E-state index contributed by atoms with van der Waals surface area (Å²) in [5.41, 5.74) is 9.23. The molecule has 0 aromatic heterocycles. The molecular weight excluding hydrogens is 212 g/mol. The lowest BCUT2D eigenvalue weighted by Crippen LogP contribution is -2.38. The summed E-state index contributed by atoms with van der Waals surface area (Å²) in [5, 5.41) is 0. The molecule has 2 N–H and O–H groups in total. The minimum absolute atomic E-state index is 0.0667. The van der Waals surface area contributed by atoms with E-state index in [-0.39, 0.29) is 11.8 Å². The molecule has 92 valence electrons. The van der Waals surface area contributed by atoms with Gasteiger partial charge >= 0.3 is 0 Å². The summed E-state index contributed by atoms with van der Waals surface area (Å²) >= 11 is 0. The minimum Gasteiger partial charge on any atom is -0.371 e. The standard InChI is InChI=1S/C14H20N2O/c1-10-3-4-13(11(2)9-10)16-7-5-12(6-8-16)14(15)17/h3-4,9,12H,5-8H2,1-2H3,(H2,15,17). The largest absolute Gasteiger partial charge is 0.371 e. The van der Waals surface area contributed by atoms with E-state index in [4.69, 9.17) is 5.73 Å². The van der Waals surface area contributed by atoms with Crippen molar-refractivity contribution < 1.29 is 4.79 Å². The normalized spacial score (nSPS) is 17.2. The van der Waals surface area contributed by atoms with Crippen LogP contribution in [0.3, 0.4) is 0 Å². The second kappa shape index (κ2) is 4.78. The van der Waals surface area contributed by atoms with Crippen LogP contribution in [-0.2, 0) is 4.79 Å². The molecule has 0 saturated carbocycles. The van der Waals surface area contributed by atoms with Crippen molar-refractivity contribution >= 4 is 11.6 Å². The molecule has 1 saturated heterocycles. The number of benzene rings is 1. The van der Waals surface area contributed by atoms with Crippen molar-refractivity contribution in [2.24, 2.45) is 11.7 Å². The fourth-order valence-electron chi connectivity index (χ4n) is 2.57. The van der Waals surface area contributed by atoms with Crippen molar-refractivity contribution in [2.75, 3.05) is 18.0 Å². The van der Waals surface area contributed by atoms with Crippen LogP contribution in [0.15, 0.2) is 18.2 Å². The second-order valence-corrected chi connectivity index (χ2v) is 4.95. The van der Waals surface area contributed by atoms with Crippen molar-refractivity contribution in [1.29, 1.82) is 0 Å². The number of anilines is 1. The first-order valence-corrected chi connectivity index (χ1v) is 6.19. The summed E-state index contributed by atoms with van der Waals surface area (Å²) in [6.45, 7) is 6.10. The van der Waals surface area contributed by atoms with Gasteiger partial charge in [-0.3, -0.25) is 4.79 Å². The number of primary amides is 1. The molecular formula is C14H20N2O. The Morgan fingerprint density at radius 2 is 1.94 bits per heavy atom. The Balaban J connectivity index is 2.08. The molecule has 1 amide bonds.